The summed E-state index contributed by atoms with van der Waals surface area (Å²) in [5.74, 6) is 0. The molecule has 26 heavy (non-hydrogen) atoms. The quantitative estimate of drug-likeness (QED) is 0.349. The predicted octanol–water partition coefficient (Wildman–Crippen LogP) is 0.463. The summed E-state index contributed by atoms with van der Waals surface area (Å²) in [7, 11) is 3.62. The molecule has 0 bridgehead atoms. The highest BCUT2D eigenvalue weighted by molar-refractivity contribution is 4.76. The second-order valence-corrected chi connectivity index (χ2v) is 8.38. The Balaban J connectivity index is 4.24. The van der Waals surface area contributed by atoms with Crippen molar-refractivity contribution >= 4 is 0 Å². The van der Waals surface area contributed by atoms with Gasteiger partial charge in [0, 0.05) is 76.6 Å². The predicted molar refractivity (Wildman–Crippen MR) is 98.4 cm³/mol. The Kier molecular flexibility index (Phi) is 9.57. The zero-order valence-corrected chi connectivity index (χ0v) is 16.7. The molecule has 0 aromatic carbocycles. The van der Waals surface area contributed by atoms with E-state index in [4.69, 9.17) is 0 Å². The van der Waals surface area contributed by atoms with Crippen LogP contribution in [0.15, 0.2) is 0 Å². The minimum absolute atomic E-state index is 0.0644. The van der Waals surface area contributed by atoms with Crippen LogP contribution in [0.1, 0.15) is 40.5 Å². The highest BCUT2D eigenvalue weighted by Gasteiger charge is 2.34. The van der Waals surface area contributed by atoms with Gasteiger partial charge in [-0.25, -0.2) is 0 Å². The molecule has 2 N–H and O–H groups in total. The van der Waals surface area contributed by atoms with Gasteiger partial charge in [-0.3, -0.25) is 20.2 Å². The molecule has 0 saturated heterocycles. The normalized spacial score (nSPS) is 15.3. The molecule has 0 spiro atoms. The largest absolute Gasteiger partial charge is 0.392 e. The van der Waals surface area contributed by atoms with Gasteiger partial charge in [0.1, 0.15) is 0 Å². The highest BCUT2D eigenvalue weighted by atomic mass is 16.6. The van der Waals surface area contributed by atoms with Crippen LogP contribution in [0.2, 0.25) is 0 Å². The van der Waals surface area contributed by atoms with Gasteiger partial charge in [0.2, 0.25) is 11.1 Å². The Morgan fingerprint density at radius 1 is 0.808 bits per heavy atom. The number of nitrogens with zero attached hydrogens (tertiary/aromatic N) is 4. The van der Waals surface area contributed by atoms with E-state index in [-0.39, 0.29) is 12.8 Å². The Morgan fingerprint density at radius 3 is 1.31 bits per heavy atom. The number of hydrogen-bond donors (Lipinski definition) is 2. The van der Waals surface area contributed by atoms with E-state index in [1.807, 2.05) is 23.9 Å². The summed E-state index contributed by atoms with van der Waals surface area (Å²) in [4.78, 5) is 24.8. The van der Waals surface area contributed by atoms with E-state index >= 15 is 0 Å². The van der Waals surface area contributed by atoms with Gasteiger partial charge >= 0.3 is 0 Å². The third-order valence-corrected chi connectivity index (χ3v) is 4.37. The Morgan fingerprint density at radius 2 is 1.08 bits per heavy atom. The van der Waals surface area contributed by atoms with Gasteiger partial charge in [-0.15, -0.1) is 0 Å². The molecule has 0 aliphatic carbocycles. The van der Waals surface area contributed by atoms with Crippen molar-refractivity contribution in [1.29, 1.82) is 0 Å². The molecular weight excluding hydrogens is 344 g/mol. The van der Waals surface area contributed by atoms with E-state index in [0.717, 1.165) is 0 Å². The van der Waals surface area contributed by atoms with E-state index in [1.54, 1.807) is 0 Å². The monoisotopic (exact) mass is 378 g/mol. The molecule has 2 atom stereocenters. The van der Waals surface area contributed by atoms with Crippen LogP contribution in [0.3, 0.4) is 0 Å². The zero-order valence-electron chi connectivity index (χ0n) is 16.7. The molecule has 2 unspecified atom stereocenters. The van der Waals surface area contributed by atoms with Gasteiger partial charge in [-0.1, -0.05) is 0 Å². The molecule has 0 heterocycles. The molecule has 0 saturated carbocycles. The van der Waals surface area contributed by atoms with E-state index < -0.39 is 33.1 Å². The molecule has 154 valence electrons. The second kappa shape index (κ2) is 10.1. The summed E-state index contributed by atoms with van der Waals surface area (Å²) >= 11 is 0. The zero-order chi connectivity index (χ0) is 20.7. The van der Waals surface area contributed by atoms with Gasteiger partial charge in [-0.2, -0.15) is 0 Å². The lowest BCUT2D eigenvalue weighted by molar-refractivity contribution is -0.563. The van der Waals surface area contributed by atoms with E-state index in [9.17, 15) is 30.4 Å². The maximum absolute atomic E-state index is 10.9. The standard InChI is InChI=1S/C16H34N4O6/c1-15(2,19(23)24)9-13(21)11-17(5)7-8-18(6)12-14(22)10-16(3,4)20(25)26/h13-14,21-22H,7-12H2,1-6H3. The highest BCUT2D eigenvalue weighted by Crippen LogP contribution is 2.17. The molecule has 0 fully saturated rings. The topological polar surface area (TPSA) is 133 Å². The molecule has 0 aromatic heterocycles. The van der Waals surface area contributed by atoms with Crippen LogP contribution in [0.4, 0.5) is 0 Å². The fraction of sp³-hybridized carbons (Fsp3) is 1.00. The number of aliphatic hydroxyl groups excluding tert-OH is 2. The first-order chi connectivity index (χ1) is 11.7. The average Bonchev–Trinajstić information content (AvgIpc) is 2.43. The van der Waals surface area contributed by atoms with Crippen LogP contribution < -0.4 is 0 Å². The van der Waals surface area contributed by atoms with Crippen LogP contribution in [-0.4, -0.2) is 93.4 Å². The Bertz CT molecular complexity index is 430. The molecular formula is C16H34N4O6. The summed E-state index contributed by atoms with van der Waals surface area (Å²) in [6.07, 6.45) is -1.49. The molecule has 10 heteroatoms. The maximum Gasteiger partial charge on any atom is 0.219 e. The van der Waals surface area contributed by atoms with Crippen molar-refractivity contribution in [2.45, 2.75) is 63.8 Å². The molecule has 0 aliphatic heterocycles. The Labute approximate surface area is 155 Å². The van der Waals surface area contributed by atoms with Crippen molar-refractivity contribution < 1.29 is 20.1 Å². The van der Waals surface area contributed by atoms with Crippen molar-refractivity contribution in [2.75, 3.05) is 40.3 Å². The first-order valence-corrected chi connectivity index (χ1v) is 8.69. The second-order valence-electron chi connectivity index (χ2n) is 8.38. The van der Waals surface area contributed by atoms with Crippen LogP contribution in [-0.2, 0) is 0 Å². The van der Waals surface area contributed by atoms with Crippen molar-refractivity contribution in [2.24, 2.45) is 0 Å². The SMILES string of the molecule is CN(CCN(C)CC(O)CC(C)(C)[N+](=O)[O-])CC(O)CC(C)(C)[N+](=O)[O-]. The first-order valence-electron chi connectivity index (χ1n) is 8.69. The lowest BCUT2D eigenvalue weighted by Crippen LogP contribution is -2.43. The lowest BCUT2D eigenvalue weighted by Gasteiger charge is -2.27. The van der Waals surface area contributed by atoms with E-state index in [2.05, 4.69) is 0 Å². The van der Waals surface area contributed by atoms with Gasteiger partial charge in [-0.05, 0) is 14.1 Å². The summed E-state index contributed by atoms with van der Waals surface area (Å²) in [5, 5.41) is 41.9. The number of hydrogen-bond acceptors (Lipinski definition) is 8. The summed E-state index contributed by atoms with van der Waals surface area (Å²) < 4.78 is 0. The van der Waals surface area contributed by atoms with Crippen LogP contribution in [0, 0.1) is 20.2 Å². The molecule has 10 nitrogen and oxygen atoms in total. The Hall–Kier alpha value is -1.36. The maximum atomic E-state index is 10.9. The van der Waals surface area contributed by atoms with Crippen molar-refractivity contribution in [3.63, 3.8) is 0 Å². The van der Waals surface area contributed by atoms with Crippen LogP contribution in [0.25, 0.3) is 0 Å². The van der Waals surface area contributed by atoms with Crippen molar-refractivity contribution in [1.82, 2.24) is 9.80 Å². The fourth-order valence-corrected chi connectivity index (χ4v) is 2.67. The van der Waals surface area contributed by atoms with Gasteiger partial charge in [0.25, 0.3) is 0 Å². The van der Waals surface area contributed by atoms with Gasteiger partial charge in [0.05, 0.1) is 12.2 Å². The molecule has 0 aliphatic rings. The van der Waals surface area contributed by atoms with Crippen LogP contribution >= 0.6 is 0 Å². The summed E-state index contributed by atoms with van der Waals surface area (Å²) in [6, 6.07) is 0. The number of rotatable bonds is 13. The van der Waals surface area contributed by atoms with E-state index in [0.29, 0.717) is 26.2 Å². The lowest BCUT2D eigenvalue weighted by atomic mass is 9.97. The van der Waals surface area contributed by atoms with E-state index in [1.165, 1.54) is 27.7 Å². The molecule has 0 radical (unpaired) electrons. The molecule has 0 amide bonds. The van der Waals surface area contributed by atoms with Gasteiger partial charge < -0.3 is 20.0 Å². The smallest absolute Gasteiger partial charge is 0.219 e. The molecule has 0 aromatic rings. The average molecular weight is 378 g/mol. The fourth-order valence-electron chi connectivity index (χ4n) is 2.67. The van der Waals surface area contributed by atoms with Crippen molar-refractivity contribution in [3.05, 3.63) is 20.2 Å². The van der Waals surface area contributed by atoms with Gasteiger partial charge in [0.15, 0.2) is 0 Å². The minimum atomic E-state index is -1.18. The minimum Gasteiger partial charge on any atom is -0.392 e. The summed E-state index contributed by atoms with van der Waals surface area (Å²) in [6.45, 7) is 7.74. The van der Waals surface area contributed by atoms with Crippen molar-refractivity contribution in [3.8, 4) is 0 Å². The number of likely N-dealkylation sites (N-methyl/N-ethyl adjacent to an activating group) is 2. The summed E-state index contributed by atoms with van der Waals surface area (Å²) in [5.41, 5.74) is -2.35. The first kappa shape index (κ1) is 24.6. The third-order valence-electron chi connectivity index (χ3n) is 4.37. The van der Waals surface area contributed by atoms with Crippen LogP contribution in [0.5, 0.6) is 0 Å². The number of nitro groups is 2. The molecule has 0 rings (SSSR count). The third kappa shape index (κ3) is 9.37. The number of aliphatic hydroxyl groups is 2.